The van der Waals surface area contributed by atoms with Gasteiger partial charge in [0.25, 0.3) is 0 Å². The van der Waals surface area contributed by atoms with Gasteiger partial charge in [-0.3, -0.25) is 14.4 Å². The first kappa shape index (κ1) is 14.4. The van der Waals surface area contributed by atoms with Crippen molar-refractivity contribution >= 4 is 17.7 Å². The molecule has 3 amide bonds. The minimum Gasteiger partial charge on any atom is -0.343 e. The number of nitrogens with zero attached hydrogens (tertiary/aromatic N) is 2. The average Bonchev–Trinajstić information content (AvgIpc) is 2.52. The van der Waals surface area contributed by atoms with E-state index in [1.165, 1.54) is 6.42 Å². The maximum atomic E-state index is 12.6. The van der Waals surface area contributed by atoms with Crippen molar-refractivity contribution in [3.63, 3.8) is 0 Å². The first-order valence-electron chi connectivity index (χ1n) is 7.97. The summed E-state index contributed by atoms with van der Waals surface area (Å²) >= 11 is 0. The Kier molecular flexibility index (Phi) is 3.87. The van der Waals surface area contributed by atoms with Gasteiger partial charge in [-0.05, 0) is 19.8 Å². The summed E-state index contributed by atoms with van der Waals surface area (Å²) < 4.78 is 0. The molecule has 2 unspecified atom stereocenters. The molecule has 2 saturated heterocycles. The normalized spacial score (nSPS) is 30.9. The van der Waals surface area contributed by atoms with E-state index < -0.39 is 12.1 Å². The molecule has 3 aliphatic rings. The zero-order valence-corrected chi connectivity index (χ0v) is 12.5. The van der Waals surface area contributed by atoms with Gasteiger partial charge in [0.05, 0.1) is 6.54 Å². The number of piperazine rings is 2. The molecule has 3 fully saturated rings. The molecular weight excluding hydrogens is 270 g/mol. The molecule has 1 N–H and O–H groups in total. The summed E-state index contributed by atoms with van der Waals surface area (Å²) in [4.78, 5) is 40.2. The lowest BCUT2D eigenvalue weighted by Gasteiger charge is -2.45. The van der Waals surface area contributed by atoms with Crippen LogP contribution in [0, 0.1) is 5.92 Å². The molecule has 2 atom stereocenters. The van der Waals surface area contributed by atoms with Crippen LogP contribution < -0.4 is 5.32 Å². The van der Waals surface area contributed by atoms with Gasteiger partial charge in [-0.15, -0.1) is 0 Å². The number of fused-ring (bicyclic) bond motifs is 1. The Hall–Kier alpha value is -1.59. The van der Waals surface area contributed by atoms with E-state index in [9.17, 15) is 14.4 Å². The van der Waals surface area contributed by atoms with Crippen LogP contribution >= 0.6 is 0 Å². The fraction of sp³-hybridized carbons (Fsp3) is 0.800. The summed E-state index contributed by atoms with van der Waals surface area (Å²) in [6, 6.07) is -0.954. The topological polar surface area (TPSA) is 69.7 Å². The summed E-state index contributed by atoms with van der Waals surface area (Å²) in [6.07, 6.45) is 5.39. The number of rotatable bonds is 1. The van der Waals surface area contributed by atoms with Crippen molar-refractivity contribution in [2.45, 2.75) is 51.1 Å². The van der Waals surface area contributed by atoms with Crippen molar-refractivity contribution in [2.75, 3.05) is 19.6 Å². The van der Waals surface area contributed by atoms with Crippen LogP contribution in [0.1, 0.15) is 39.0 Å². The van der Waals surface area contributed by atoms with E-state index >= 15 is 0 Å². The maximum Gasteiger partial charge on any atom is 0.245 e. The van der Waals surface area contributed by atoms with Crippen molar-refractivity contribution in [3.8, 4) is 0 Å². The molecule has 6 nitrogen and oxygen atoms in total. The molecule has 1 aliphatic carbocycles. The van der Waals surface area contributed by atoms with Crippen molar-refractivity contribution in [2.24, 2.45) is 5.92 Å². The molecule has 21 heavy (non-hydrogen) atoms. The van der Waals surface area contributed by atoms with E-state index in [1.54, 1.807) is 16.7 Å². The van der Waals surface area contributed by atoms with Crippen LogP contribution in [0.4, 0.5) is 0 Å². The van der Waals surface area contributed by atoms with E-state index in [1.807, 2.05) is 0 Å². The summed E-state index contributed by atoms with van der Waals surface area (Å²) in [6.45, 7) is 3.08. The smallest absolute Gasteiger partial charge is 0.245 e. The molecule has 0 aromatic rings. The highest BCUT2D eigenvalue weighted by Gasteiger charge is 2.43. The van der Waals surface area contributed by atoms with Crippen LogP contribution in [0.15, 0.2) is 0 Å². The highest BCUT2D eigenvalue weighted by atomic mass is 16.2. The van der Waals surface area contributed by atoms with Crippen molar-refractivity contribution in [3.05, 3.63) is 0 Å². The molecule has 0 aromatic carbocycles. The number of hydrogen-bond acceptors (Lipinski definition) is 3. The average molecular weight is 293 g/mol. The molecule has 0 spiro atoms. The molecule has 0 radical (unpaired) electrons. The van der Waals surface area contributed by atoms with Gasteiger partial charge in [-0.25, -0.2) is 0 Å². The number of carbonyl (C=O) groups excluding carboxylic acids is 3. The van der Waals surface area contributed by atoms with Crippen LogP contribution in [0.25, 0.3) is 0 Å². The Bertz CT molecular complexity index is 459. The summed E-state index contributed by atoms with van der Waals surface area (Å²) in [5.41, 5.74) is 0. The second-order valence-corrected chi connectivity index (χ2v) is 6.40. The monoisotopic (exact) mass is 293 g/mol. The quantitative estimate of drug-likeness (QED) is 0.747. The predicted molar refractivity (Wildman–Crippen MR) is 76.3 cm³/mol. The van der Waals surface area contributed by atoms with E-state index in [2.05, 4.69) is 5.32 Å². The van der Waals surface area contributed by atoms with Crippen molar-refractivity contribution < 1.29 is 14.4 Å². The first-order valence-corrected chi connectivity index (χ1v) is 7.97. The Labute approximate surface area is 124 Å². The fourth-order valence-corrected chi connectivity index (χ4v) is 3.70. The van der Waals surface area contributed by atoms with E-state index in [-0.39, 0.29) is 23.6 Å². The second kappa shape index (κ2) is 5.66. The van der Waals surface area contributed by atoms with Gasteiger partial charge in [-0.1, -0.05) is 19.3 Å². The number of amides is 3. The van der Waals surface area contributed by atoms with Gasteiger partial charge >= 0.3 is 0 Å². The van der Waals surface area contributed by atoms with E-state index in [0.717, 1.165) is 25.7 Å². The lowest BCUT2D eigenvalue weighted by molar-refractivity contribution is -0.156. The summed E-state index contributed by atoms with van der Waals surface area (Å²) in [5.74, 6) is 0.118. The van der Waals surface area contributed by atoms with Crippen LogP contribution in [-0.2, 0) is 14.4 Å². The zero-order valence-electron chi connectivity index (χ0n) is 12.5. The van der Waals surface area contributed by atoms with E-state index in [4.69, 9.17) is 0 Å². The third-order valence-electron chi connectivity index (χ3n) is 4.96. The third-order valence-corrected chi connectivity index (χ3v) is 4.96. The van der Waals surface area contributed by atoms with Gasteiger partial charge < -0.3 is 15.1 Å². The third kappa shape index (κ3) is 2.63. The minimum absolute atomic E-state index is 0.0376. The lowest BCUT2D eigenvalue weighted by Crippen LogP contribution is -2.69. The van der Waals surface area contributed by atoms with Crippen LogP contribution in [0.2, 0.25) is 0 Å². The molecule has 2 heterocycles. The van der Waals surface area contributed by atoms with Gasteiger partial charge in [0.2, 0.25) is 17.7 Å². The standard InChI is InChI=1S/C15H23N3O3/c1-10-14(20)18-8-7-17(9-12(18)13(19)16-10)15(21)11-5-3-2-4-6-11/h10-12H,2-9H2,1H3,(H,16,19). The van der Waals surface area contributed by atoms with Crippen LogP contribution in [0.5, 0.6) is 0 Å². The van der Waals surface area contributed by atoms with Gasteiger partial charge in [0.1, 0.15) is 12.1 Å². The van der Waals surface area contributed by atoms with Gasteiger partial charge in [0.15, 0.2) is 0 Å². The SMILES string of the molecule is CC1NC(=O)C2CN(C(=O)C3CCCCC3)CCN2C1=O. The maximum absolute atomic E-state index is 12.6. The molecule has 1 saturated carbocycles. The molecule has 6 heteroatoms. The molecule has 3 rings (SSSR count). The predicted octanol–water partition coefficient (Wildman–Crippen LogP) is 0.124. The highest BCUT2D eigenvalue weighted by molar-refractivity contribution is 5.97. The van der Waals surface area contributed by atoms with Gasteiger partial charge in [0, 0.05) is 19.0 Å². The fourth-order valence-electron chi connectivity index (χ4n) is 3.70. The highest BCUT2D eigenvalue weighted by Crippen LogP contribution is 2.27. The van der Waals surface area contributed by atoms with Crippen molar-refractivity contribution in [1.82, 2.24) is 15.1 Å². The van der Waals surface area contributed by atoms with E-state index in [0.29, 0.717) is 19.6 Å². The van der Waals surface area contributed by atoms with Gasteiger partial charge in [-0.2, -0.15) is 0 Å². The van der Waals surface area contributed by atoms with Crippen molar-refractivity contribution in [1.29, 1.82) is 0 Å². The first-order chi connectivity index (χ1) is 10.1. The number of carbonyl (C=O) groups is 3. The molecule has 116 valence electrons. The summed E-state index contributed by atoms with van der Waals surface area (Å²) in [7, 11) is 0. The Morgan fingerprint density at radius 1 is 1.14 bits per heavy atom. The largest absolute Gasteiger partial charge is 0.343 e. The Balaban J connectivity index is 1.67. The number of hydrogen-bond donors (Lipinski definition) is 1. The molecular formula is C15H23N3O3. The Morgan fingerprint density at radius 2 is 1.86 bits per heavy atom. The lowest BCUT2D eigenvalue weighted by atomic mass is 9.88. The van der Waals surface area contributed by atoms with Crippen LogP contribution in [-0.4, -0.2) is 59.2 Å². The second-order valence-electron chi connectivity index (χ2n) is 6.40. The summed E-state index contributed by atoms with van der Waals surface area (Å²) in [5, 5.41) is 2.70. The Morgan fingerprint density at radius 3 is 2.57 bits per heavy atom. The van der Waals surface area contributed by atoms with Crippen LogP contribution in [0.3, 0.4) is 0 Å². The minimum atomic E-state index is -0.505. The molecule has 0 aromatic heterocycles. The zero-order chi connectivity index (χ0) is 15.0. The molecule has 2 aliphatic heterocycles. The number of nitrogens with one attached hydrogen (secondary N) is 1. The molecule has 0 bridgehead atoms.